The van der Waals surface area contributed by atoms with Crippen molar-refractivity contribution in [2.75, 3.05) is 19.6 Å². The molecule has 0 bridgehead atoms. The van der Waals surface area contributed by atoms with Gasteiger partial charge in [0.05, 0.1) is 5.75 Å². The van der Waals surface area contributed by atoms with Gasteiger partial charge in [0.2, 0.25) is 15.9 Å². The summed E-state index contributed by atoms with van der Waals surface area (Å²) in [4.78, 5) is 26.4. The Morgan fingerprint density at radius 2 is 1.97 bits per heavy atom. The molecule has 174 valence electrons. The molecule has 4 rings (SSSR count). The van der Waals surface area contributed by atoms with E-state index < -0.39 is 22.0 Å². The summed E-state index contributed by atoms with van der Waals surface area (Å²) >= 11 is 1.57. The van der Waals surface area contributed by atoms with Crippen LogP contribution < -0.4 is 5.48 Å². The minimum atomic E-state index is -4.01. The number of likely N-dealkylation sites (tertiary alicyclic amines) is 1. The molecule has 0 unspecified atom stereocenters. The van der Waals surface area contributed by atoms with Crippen molar-refractivity contribution in [1.82, 2.24) is 14.7 Å². The predicted octanol–water partition coefficient (Wildman–Crippen LogP) is 2.90. The minimum absolute atomic E-state index is 0.0295. The van der Waals surface area contributed by atoms with E-state index in [0.717, 1.165) is 20.8 Å². The summed E-state index contributed by atoms with van der Waals surface area (Å²) in [5.41, 5.74) is 2.63. The molecular formula is C23H25N3O5S2. The fourth-order valence-electron chi connectivity index (χ4n) is 4.13. The largest absolute Gasteiger partial charge is 0.341 e. The van der Waals surface area contributed by atoms with Gasteiger partial charge in [0.25, 0.3) is 5.91 Å². The number of fused-ring (bicyclic) bond motifs is 1. The van der Waals surface area contributed by atoms with Crippen molar-refractivity contribution in [3.8, 4) is 0 Å². The third kappa shape index (κ3) is 5.25. The van der Waals surface area contributed by atoms with E-state index in [9.17, 15) is 23.2 Å². The molecule has 33 heavy (non-hydrogen) atoms. The minimum Gasteiger partial charge on any atom is -0.341 e. The highest BCUT2D eigenvalue weighted by Crippen LogP contribution is 2.28. The SMILES string of the molecule is O=C(NO)[C@H](c1ccccc1)N(CCN1CCCC1=O)S(=O)(=O)Cc1ccc2sccc2c1. The number of rotatable bonds is 9. The number of hydrogen-bond donors (Lipinski definition) is 2. The number of amides is 2. The molecule has 1 saturated heterocycles. The molecule has 2 heterocycles. The number of carbonyl (C=O) groups is 2. The third-order valence-corrected chi connectivity index (χ3v) is 8.45. The van der Waals surface area contributed by atoms with E-state index >= 15 is 0 Å². The maximum absolute atomic E-state index is 13.7. The van der Waals surface area contributed by atoms with E-state index in [4.69, 9.17) is 0 Å². The zero-order valence-corrected chi connectivity index (χ0v) is 19.5. The van der Waals surface area contributed by atoms with Crippen LogP contribution in [0.3, 0.4) is 0 Å². The first kappa shape index (κ1) is 23.4. The van der Waals surface area contributed by atoms with E-state index in [1.165, 1.54) is 0 Å². The van der Waals surface area contributed by atoms with Gasteiger partial charge < -0.3 is 4.90 Å². The average Bonchev–Trinajstić information content (AvgIpc) is 3.44. The number of hydrogen-bond acceptors (Lipinski definition) is 6. The second kappa shape index (κ2) is 10.0. The first-order valence-corrected chi connectivity index (χ1v) is 13.1. The zero-order chi connectivity index (χ0) is 23.4. The summed E-state index contributed by atoms with van der Waals surface area (Å²) in [6.45, 7) is 0.662. The Labute approximate surface area is 196 Å². The second-order valence-electron chi connectivity index (χ2n) is 7.93. The number of thiophene rings is 1. The van der Waals surface area contributed by atoms with Crippen LogP contribution in [0.15, 0.2) is 60.0 Å². The normalized spacial score (nSPS) is 15.3. The number of sulfonamides is 1. The number of nitrogens with zero attached hydrogens (tertiary/aromatic N) is 2. The van der Waals surface area contributed by atoms with Crippen molar-refractivity contribution in [2.24, 2.45) is 0 Å². The van der Waals surface area contributed by atoms with E-state index in [1.807, 2.05) is 23.6 Å². The van der Waals surface area contributed by atoms with E-state index in [1.54, 1.807) is 58.1 Å². The summed E-state index contributed by atoms with van der Waals surface area (Å²) < 4.78 is 29.5. The van der Waals surface area contributed by atoms with Crippen LogP contribution in [-0.4, -0.2) is 54.3 Å². The molecular weight excluding hydrogens is 462 g/mol. The van der Waals surface area contributed by atoms with Crippen LogP contribution in [0, 0.1) is 0 Å². The second-order valence-corrected chi connectivity index (χ2v) is 10.8. The van der Waals surface area contributed by atoms with Gasteiger partial charge in [0, 0.05) is 30.8 Å². The van der Waals surface area contributed by atoms with Crippen molar-refractivity contribution in [1.29, 1.82) is 0 Å². The first-order chi connectivity index (χ1) is 15.9. The number of benzene rings is 2. The first-order valence-electron chi connectivity index (χ1n) is 10.6. The number of nitrogens with one attached hydrogen (secondary N) is 1. The van der Waals surface area contributed by atoms with E-state index in [2.05, 4.69) is 0 Å². The highest BCUT2D eigenvalue weighted by Gasteiger charge is 2.37. The van der Waals surface area contributed by atoms with Crippen molar-refractivity contribution in [2.45, 2.75) is 24.6 Å². The van der Waals surface area contributed by atoms with E-state index in [0.29, 0.717) is 24.1 Å². The molecule has 2 aromatic carbocycles. The van der Waals surface area contributed by atoms with Gasteiger partial charge in [-0.05, 0) is 46.5 Å². The Balaban J connectivity index is 1.69. The van der Waals surface area contributed by atoms with Gasteiger partial charge in [-0.15, -0.1) is 11.3 Å². The van der Waals surface area contributed by atoms with Crippen molar-refractivity contribution in [3.63, 3.8) is 0 Å². The third-order valence-electron chi connectivity index (χ3n) is 5.75. The maximum atomic E-state index is 13.7. The Hall–Kier alpha value is -2.79. The molecule has 1 atom stereocenters. The summed E-state index contributed by atoms with van der Waals surface area (Å²) in [5, 5.41) is 12.3. The fraction of sp³-hybridized carbons (Fsp3) is 0.304. The molecule has 8 nitrogen and oxygen atoms in total. The summed E-state index contributed by atoms with van der Waals surface area (Å²) in [6.07, 6.45) is 1.16. The summed E-state index contributed by atoms with van der Waals surface area (Å²) in [6, 6.07) is 14.6. The lowest BCUT2D eigenvalue weighted by Crippen LogP contribution is -2.46. The van der Waals surface area contributed by atoms with Crippen LogP contribution in [0.5, 0.6) is 0 Å². The number of hydroxylamine groups is 1. The van der Waals surface area contributed by atoms with Gasteiger partial charge in [-0.25, -0.2) is 13.9 Å². The quantitative estimate of drug-likeness (QED) is 0.357. The van der Waals surface area contributed by atoms with Crippen LogP contribution in [-0.2, 0) is 25.4 Å². The van der Waals surface area contributed by atoms with E-state index in [-0.39, 0.29) is 24.7 Å². The van der Waals surface area contributed by atoms with Crippen LogP contribution in [0.2, 0.25) is 0 Å². The van der Waals surface area contributed by atoms with Crippen LogP contribution in [0.25, 0.3) is 10.1 Å². The Morgan fingerprint density at radius 3 is 2.67 bits per heavy atom. The molecule has 0 aliphatic carbocycles. The molecule has 2 amide bonds. The van der Waals surface area contributed by atoms with Crippen molar-refractivity contribution >= 4 is 43.3 Å². The van der Waals surface area contributed by atoms with Crippen LogP contribution in [0.4, 0.5) is 0 Å². The van der Waals surface area contributed by atoms with Crippen LogP contribution >= 0.6 is 11.3 Å². The number of carbonyl (C=O) groups excluding carboxylic acids is 2. The molecule has 1 aliphatic heterocycles. The predicted molar refractivity (Wildman–Crippen MR) is 126 cm³/mol. The van der Waals surface area contributed by atoms with Gasteiger partial charge in [-0.1, -0.05) is 36.4 Å². The maximum Gasteiger partial charge on any atom is 0.266 e. The molecule has 3 aromatic rings. The molecule has 0 spiro atoms. The lowest BCUT2D eigenvalue weighted by atomic mass is 10.1. The summed E-state index contributed by atoms with van der Waals surface area (Å²) in [7, 11) is -4.01. The van der Waals surface area contributed by atoms with Gasteiger partial charge in [-0.3, -0.25) is 14.8 Å². The van der Waals surface area contributed by atoms with Crippen molar-refractivity contribution < 1.29 is 23.2 Å². The molecule has 0 radical (unpaired) electrons. The molecule has 2 N–H and O–H groups in total. The van der Waals surface area contributed by atoms with Crippen LogP contribution in [0.1, 0.15) is 30.0 Å². The summed E-state index contributed by atoms with van der Waals surface area (Å²) in [5.74, 6) is -1.20. The Bertz CT molecular complexity index is 1240. The zero-order valence-electron chi connectivity index (χ0n) is 17.9. The topological polar surface area (TPSA) is 107 Å². The lowest BCUT2D eigenvalue weighted by Gasteiger charge is -2.31. The molecule has 10 heteroatoms. The van der Waals surface area contributed by atoms with Gasteiger partial charge in [0.15, 0.2) is 0 Å². The van der Waals surface area contributed by atoms with Gasteiger partial charge >= 0.3 is 0 Å². The molecule has 1 fully saturated rings. The molecule has 1 aromatic heterocycles. The monoisotopic (exact) mass is 487 g/mol. The smallest absolute Gasteiger partial charge is 0.266 e. The Kier molecular flexibility index (Phi) is 7.08. The van der Waals surface area contributed by atoms with Gasteiger partial charge in [-0.2, -0.15) is 4.31 Å². The standard InChI is InChI=1S/C23H25N3O5S2/c27-21-7-4-11-25(21)12-13-26(22(23(28)24-29)18-5-2-1-3-6-18)33(30,31)16-17-8-9-20-19(15-17)10-14-32-20/h1-3,5-6,8-10,14-15,22,29H,4,7,11-13,16H2,(H,24,28)/t22-/m0/s1. The average molecular weight is 488 g/mol. The highest BCUT2D eigenvalue weighted by atomic mass is 32.2. The van der Waals surface area contributed by atoms with Gasteiger partial charge in [0.1, 0.15) is 6.04 Å². The lowest BCUT2D eigenvalue weighted by molar-refractivity contribution is -0.133. The fourth-order valence-corrected chi connectivity index (χ4v) is 6.57. The Morgan fingerprint density at radius 1 is 1.18 bits per heavy atom. The van der Waals surface area contributed by atoms with Crippen molar-refractivity contribution in [3.05, 3.63) is 71.1 Å². The molecule has 1 aliphatic rings. The highest BCUT2D eigenvalue weighted by molar-refractivity contribution is 7.88. The molecule has 0 saturated carbocycles.